The van der Waals surface area contributed by atoms with Crippen molar-refractivity contribution in [1.29, 1.82) is 5.26 Å². The molecule has 1 rings (SSSR count). The van der Waals surface area contributed by atoms with Crippen molar-refractivity contribution in [3.63, 3.8) is 0 Å². The van der Waals surface area contributed by atoms with Crippen LogP contribution in [0.2, 0.25) is 0 Å². The molecular formula is C12H17N3O2S. The van der Waals surface area contributed by atoms with Gasteiger partial charge in [-0.2, -0.15) is 9.57 Å². The monoisotopic (exact) mass is 267 g/mol. The van der Waals surface area contributed by atoms with Crippen molar-refractivity contribution >= 4 is 15.7 Å². The Bertz CT molecular complexity index is 517. The highest BCUT2D eigenvalue weighted by atomic mass is 32.2. The van der Waals surface area contributed by atoms with E-state index in [-0.39, 0.29) is 6.54 Å². The van der Waals surface area contributed by atoms with Crippen LogP contribution in [0.3, 0.4) is 0 Å². The lowest BCUT2D eigenvalue weighted by Crippen LogP contribution is -2.32. The average Bonchev–Trinajstić information content (AvgIpc) is 2.31. The Hall–Kier alpha value is -1.58. The summed E-state index contributed by atoms with van der Waals surface area (Å²) in [4.78, 5) is 0. The molecule has 0 bridgehead atoms. The molecule has 0 saturated heterocycles. The van der Waals surface area contributed by atoms with Crippen molar-refractivity contribution < 1.29 is 8.42 Å². The second-order valence-corrected chi connectivity index (χ2v) is 5.96. The SMILES string of the molecule is CCCN(Cc1ccc(N)cc1)S(=O)(=O)CC#N. The van der Waals surface area contributed by atoms with Crippen LogP contribution in [0.1, 0.15) is 18.9 Å². The van der Waals surface area contributed by atoms with Crippen molar-refractivity contribution in [3.05, 3.63) is 29.8 Å². The van der Waals surface area contributed by atoms with E-state index in [0.717, 1.165) is 5.56 Å². The fraction of sp³-hybridized carbons (Fsp3) is 0.417. The van der Waals surface area contributed by atoms with Gasteiger partial charge in [0.05, 0.1) is 6.07 Å². The predicted molar refractivity (Wildman–Crippen MR) is 71.0 cm³/mol. The minimum atomic E-state index is -3.50. The summed E-state index contributed by atoms with van der Waals surface area (Å²) in [7, 11) is -3.50. The summed E-state index contributed by atoms with van der Waals surface area (Å²) in [5.74, 6) is -0.484. The zero-order valence-electron chi connectivity index (χ0n) is 10.3. The van der Waals surface area contributed by atoms with Crippen molar-refractivity contribution in [3.8, 4) is 6.07 Å². The number of sulfonamides is 1. The van der Waals surface area contributed by atoms with Crippen molar-refractivity contribution in [2.24, 2.45) is 0 Å². The molecule has 0 aliphatic carbocycles. The van der Waals surface area contributed by atoms with Crippen LogP contribution in [0.5, 0.6) is 0 Å². The Labute approximate surface area is 108 Å². The Balaban J connectivity index is 2.87. The lowest BCUT2D eigenvalue weighted by atomic mass is 10.2. The predicted octanol–water partition coefficient (Wildman–Crippen LogP) is 1.33. The highest BCUT2D eigenvalue weighted by molar-refractivity contribution is 7.89. The Morgan fingerprint density at radius 3 is 2.44 bits per heavy atom. The Morgan fingerprint density at radius 2 is 1.94 bits per heavy atom. The van der Waals surface area contributed by atoms with E-state index in [4.69, 9.17) is 11.0 Å². The zero-order chi connectivity index (χ0) is 13.6. The number of rotatable bonds is 6. The second-order valence-electron chi connectivity index (χ2n) is 3.99. The molecule has 0 unspecified atom stereocenters. The maximum absolute atomic E-state index is 11.9. The summed E-state index contributed by atoms with van der Waals surface area (Å²) in [6.07, 6.45) is 0.708. The molecule has 0 spiro atoms. The summed E-state index contributed by atoms with van der Waals surface area (Å²) in [5.41, 5.74) is 7.07. The van der Waals surface area contributed by atoms with Gasteiger partial charge in [-0.25, -0.2) is 8.42 Å². The lowest BCUT2D eigenvalue weighted by Gasteiger charge is -2.20. The lowest BCUT2D eigenvalue weighted by molar-refractivity contribution is 0.408. The zero-order valence-corrected chi connectivity index (χ0v) is 11.2. The number of benzene rings is 1. The molecule has 0 aliphatic heterocycles. The van der Waals surface area contributed by atoms with E-state index in [1.807, 2.05) is 6.92 Å². The van der Waals surface area contributed by atoms with Gasteiger partial charge in [-0.3, -0.25) is 0 Å². The molecule has 0 amide bonds. The summed E-state index contributed by atoms with van der Waals surface area (Å²) in [6.45, 7) is 2.59. The van der Waals surface area contributed by atoms with Gasteiger partial charge in [0.25, 0.3) is 0 Å². The van der Waals surface area contributed by atoms with Crippen molar-refractivity contribution in [2.45, 2.75) is 19.9 Å². The van der Waals surface area contributed by atoms with Crippen LogP contribution in [0, 0.1) is 11.3 Å². The average molecular weight is 267 g/mol. The maximum atomic E-state index is 11.9. The maximum Gasteiger partial charge on any atom is 0.227 e. The number of nitriles is 1. The van der Waals surface area contributed by atoms with Gasteiger partial charge in [0.15, 0.2) is 5.75 Å². The van der Waals surface area contributed by atoms with Gasteiger partial charge >= 0.3 is 0 Å². The second kappa shape index (κ2) is 6.38. The van der Waals surface area contributed by atoms with E-state index in [1.54, 1.807) is 30.3 Å². The van der Waals surface area contributed by atoms with Gasteiger partial charge in [-0.1, -0.05) is 19.1 Å². The normalized spacial score (nSPS) is 11.4. The largest absolute Gasteiger partial charge is 0.399 e. The van der Waals surface area contributed by atoms with E-state index >= 15 is 0 Å². The van der Waals surface area contributed by atoms with E-state index < -0.39 is 15.8 Å². The number of hydrogen-bond acceptors (Lipinski definition) is 4. The molecule has 0 saturated carbocycles. The number of hydrogen-bond donors (Lipinski definition) is 1. The van der Waals surface area contributed by atoms with E-state index in [1.165, 1.54) is 4.31 Å². The van der Waals surface area contributed by atoms with Crippen LogP contribution < -0.4 is 5.73 Å². The topological polar surface area (TPSA) is 87.2 Å². The number of nitrogens with two attached hydrogens (primary N) is 1. The summed E-state index contributed by atoms with van der Waals surface area (Å²) in [6, 6.07) is 8.74. The third kappa shape index (κ3) is 4.02. The minimum Gasteiger partial charge on any atom is -0.399 e. The quantitative estimate of drug-likeness (QED) is 0.788. The van der Waals surface area contributed by atoms with E-state index in [2.05, 4.69) is 0 Å². The molecule has 18 heavy (non-hydrogen) atoms. The number of nitrogen functional groups attached to an aromatic ring is 1. The summed E-state index contributed by atoms with van der Waals surface area (Å²) in [5, 5.41) is 8.55. The minimum absolute atomic E-state index is 0.276. The first kappa shape index (κ1) is 14.5. The van der Waals surface area contributed by atoms with Crippen LogP contribution in [0.25, 0.3) is 0 Å². The molecule has 98 valence electrons. The van der Waals surface area contributed by atoms with Gasteiger partial charge in [0, 0.05) is 18.8 Å². The van der Waals surface area contributed by atoms with E-state index in [9.17, 15) is 8.42 Å². The number of nitrogens with zero attached hydrogens (tertiary/aromatic N) is 2. The first-order chi connectivity index (χ1) is 8.49. The van der Waals surface area contributed by atoms with Crippen LogP contribution in [-0.2, 0) is 16.6 Å². The molecule has 1 aromatic rings. The third-order valence-corrected chi connectivity index (χ3v) is 4.04. The fourth-order valence-electron chi connectivity index (χ4n) is 1.57. The molecule has 1 aromatic carbocycles. The van der Waals surface area contributed by atoms with Gasteiger partial charge in [0.2, 0.25) is 10.0 Å². The first-order valence-electron chi connectivity index (χ1n) is 5.68. The molecule has 0 heterocycles. The van der Waals surface area contributed by atoms with Crippen molar-refractivity contribution in [2.75, 3.05) is 18.0 Å². The Morgan fingerprint density at radius 1 is 1.33 bits per heavy atom. The van der Waals surface area contributed by atoms with Gasteiger partial charge < -0.3 is 5.73 Å². The number of anilines is 1. The van der Waals surface area contributed by atoms with Crippen LogP contribution >= 0.6 is 0 Å². The molecule has 0 aromatic heterocycles. The highest BCUT2D eigenvalue weighted by Gasteiger charge is 2.20. The Kier molecular flexibility index (Phi) is 5.13. The van der Waals surface area contributed by atoms with Gasteiger partial charge in [-0.15, -0.1) is 0 Å². The first-order valence-corrected chi connectivity index (χ1v) is 7.29. The highest BCUT2D eigenvalue weighted by Crippen LogP contribution is 2.12. The molecule has 0 aliphatic rings. The van der Waals surface area contributed by atoms with E-state index in [0.29, 0.717) is 18.7 Å². The summed E-state index contributed by atoms with van der Waals surface area (Å²) < 4.78 is 25.1. The molecule has 0 atom stereocenters. The standard InChI is InChI=1S/C12H17N3O2S/c1-2-8-15(18(16,17)9-7-13)10-11-3-5-12(14)6-4-11/h3-6H,2,8-10,14H2,1H3. The molecular weight excluding hydrogens is 250 g/mol. The van der Waals surface area contributed by atoms with Crippen LogP contribution in [0.4, 0.5) is 5.69 Å². The fourth-order valence-corrected chi connectivity index (χ4v) is 2.72. The molecule has 2 N–H and O–H groups in total. The van der Waals surface area contributed by atoms with Crippen molar-refractivity contribution in [1.82, 2.24) is 4.31 Å². The molecule has 5 nitrogen and oxygen atoms in total. The van der Waals surface area contributed by atoms with Gasteiger partial charge in [0.1, 0.15) is 0 Å². The molecule has 6 heteroatoms. The van der Waals surface area contributed by atoms with Crippen LogP contribution in [0.15, 0.2) is 24.3 Å². The molecule has 0 radical (unpaired) electrons. The summed E-state index contributed by atoms with van der Waals surface area (Å²) >= 11 is 0. The molecule has 0 fully saturated rings. The third-order valence-electron chi connectivity index (χ3n) is 2.45. The van der Waals surface area contributed by atoms with Crippen LogP contribution in [-0.4, -0.2) is 25.0 Å². The smallest absolute Gasteiger partial charge is 0.227 e. The van der Waals surface area contributed by atoms with Gasteiger partial charge in [-0.05, 0) is 24.1 Å².